The summed E-state index contributed by atoms with van der Waals surface area (Å²) < 4.78 is 4.70. The summed E-state index contributed by atoms with van der Waals surface area (Å²) in [7, 11) is 3.11. The quantitative estimate of drug-likeness (QED) is 0.514. The Morgan fingerprint density at radius 3 is 2.33 bits per heavy atom. The Hall–Kier alpha value is -0.700. The predicted octanol–water partition coefficient (Wildman–Crippen LogP) is 0.293. The molecule has 0 unspecified atom stereocenters. The molecule has 0 saturated carbocycles. The minimum Gasteiger partial charge on any atom is -0.378 e. The summed E-state index contributed by atoms with van der Waals surface area (Å²) in [4.78, 5) is 14.3. The van der Waals surface area contributed by atoms with Crippen LogP contribution in [0.15, 0.2) is 4.99 Å². The fourth-order valence-corrected chi connectivity index (χ4v) is 0.460. The van der Waals surface area contributed by atoms with Crippen LogP contribution in [0.4, 0.5) is 0 Å². The third-order valence-electron chi connectivity index (χ3n) is 0.957. The van der Waals surface area contributed by atoms with Gasteiger partial charge in [-0.05, 0) is 0 Å². The van der Waals surface area contributed by atoms with Gasteiger partial charge < -0.3 is 4.74 Å². The average Bonchev–Trinajstić information content (AvgIpc) is 1.82. The zero-order valence-electron chi connectivity index (χ0n) is 5.97. The van der Waals surface area contributed by atoms with Crippen molar-refractivity contribution in [2.45, 2.75) is 6.92 Å². The van der Waals surface area contributed by atoms with Crippen molar-refractivity contribution >= 4 is 11.5 Å². The molecule has 0 radical (unpaired) electrons. The van der Waals surface area contributed by atoms with Crippen LogP contribution in [0.1, 0.15) is 6.92 Å². The highest BCUT2D eigenvalue weighted by atomic mass is 16.5. The van der Waals surface area contributed by atoms with E-state index in [1.165, 1.54) is 14.0 Å². The van der Waals surface area contributed by atoms with Crippen LogP contribution in [0.2, 0.25) is 0 Å². The van der Waals surface area contributed by atoms with E-state index >= 15 is 0 Å². The molecule has 3 nitrogen and oxygen atoms in total. The topological polar surface area (TPSA) is 38.7 Å². The molecular weight excluding hydrogens is 118 g/mol. The summed E-state index contributed by atoms with van der Waals surface area (Å²) in [5, 5.41) is 0. The smallest absolute Gasteiger partial charge is 0.175 e. The molecule has 9 heavy (non-hydrogen) atoms. The van der Waals surface area contributed by atoms with Crippen molar-refractivity contribution in [1.82, 2.24) is 0 Å². The van der Waals surface area contributed by atoms with Crippen molar-refractivity contribution in [3.8, 4) is 0 Å². The maximum Gasteiger partial charge on any atom is 0.175 e. The summed E-state index contributed by atoms with van der Waals surface area (Å²) in [6, 6.07) is 0. The molecule has 0 heterocycles. The number of ether oxygens (including phenoxy) is 1. The maximum absolute atomic E-state index is 10.6. The number of methoxy groups -OCH3 is 1. The standard InChI is InChI=1S/C6H11NO2/c1-5(8)6(7-2)4-9-3/h4H2,1-3H3. The average molecular weight is 129 g/mol. The monoisotopic (exact) mass is 129 g/mol. The fourth-order valence-electron chi connectivity index (χ4n) is 0.460. The summed E-state index contributed by atoms with van der Waals surface area (Å²) in [6.07, 6.45) is 0. The molecule has 0 amide bonds. The van der Waals surface area contributed by atoms with Crippen LogP contribution in [0.5, 0.6) is 0 Å². The van der Waals surface area contributed by atoms with Crippen LogP contribution in [0.3, 0.4) is 0 Å². The van der Waals surface area contributed by atoms with Gasteiger partial charge in [0.2, 0.25) is 0 Å². The number of hydrogen-bond donors (Lipinski definition) is 0. The van der Waals surface area contributed by atoms with Crippen LogP contribution in [-0.4, -0.2) is 32.3 Å². The van der Waals surface area contributed by atoms with Gasteiger partial charge in [0, 0.05) is 21.1 Å². The Kier molecular flexibility index (Phi) is 3.88. The SMILES string of the molecule is CN=C(COC)C(C)=O. The summed E-state index contributed by atoms with van der Waals surface area (Å²) in [6.45, 7) is 1.78. The van der Waals surface area contributed by atoms with Crippen LogP contribution in [0.25, 0.3) is 0 Å². The van der Waals surface area contributed by atoms with Crippen molar-refractivity contribution in [3.63, 3.8) is 0 Å². The normalized spacial score (nSPS) is 11.7. The summed E-state index contributed by atoms with van der Waals surface area (Å²) in [5.74, 6) is -0.0284. The first-order valence-electron chi connectivity index (χ1n) is 2.68. The molecule has 3 heteroatoms. The first kappa shape index (κ1) is 8.30. The molecular formula is C6H11NO2. The Labute approximate surface area is 54.7 Å². The number of rotatable bonds is 3. The third-order valence-corrected chi connectivity index (χ3v) is 0.957. The third kappa shape index (κ3) is 2.98. The van der Waals surface area contributed by atoms with E-state index in [1.54, 1.807) is 7.05 Å². The van der Waals surface area contributed by atoms with Crippen LogP contribution < -0.4 is 0 Å². The van der Waals surface area contributed by atoms with Crippen molar-refractivity contribution in [1.29, 1.82) is 0 Å². The lowest BCUT2D eigenvalue weighted by Crippen LogP contribution is -2.15. The first-order chi connectivity index (χ1) is 4.22. The van der Waals surface area contributed by atoms with E-state index in [4.69, 9.17) is 4.74 Å². The van der Waals surface area contributed by atoms with Crippen LogP contribution in [-0.2, 0) is 9.53 Å². The number of hydrogen-bond acceptors (Lipinski definition) is 3. The molecule has 0 aliphatic heterocycles. The maximum atomic E-state index is 10.6. The number of Topliss-reactive ketones (excluding diaryl/α,β-unsaturated/α-hetero) is 1. The van der Waals surface area contributed by atoms with Gasteiger partial charge in [0.15, 0.2) is 5.78 Å². The van der Waals surface area contributed by atoms with E-state index in [1.807, 2.05) is 0 Å². The number of carbonyl (C=O) groups is 1. The van der Waals surface area contributed by atoms with E-state index in [2.05, 4.69) is 4.99 Å². The largest absolute Gasteiger partial charge is 0.378 e. The van der Waals surface area contributed by atoms with Crippen LogP contribution >= 0.6 is 0 Å². The Morgan fingerprint density at radius 2 is 2.22 bits per heavy atom. The lowest BCUT2D eigenvalue weighted by Gasteiger charge is -1.96. The second-order valence-electron chi connectivity index (χ2n) is 1.66. The molecule has 0 aliphatic rings. The van der Waals surface area contributed by atoms with Crippen molar-refractivity contribution in [2.75, 3.05) is 20.8 Å². The molecule has 52 valence electrons. The van der Waals surface area contributed by atoms with Gasteiger partial charge in [-0.2, -0.15) is 0 Å². The van der Waals surface area contributed by atoms with E-state index in [9.17, 15) is 4.79 Å². The Morgan fingerprint density at radius 1 is 1.67 bits per heavy atom. The molecule has 0 aliphatic carbocycles. The minimum absolute atomic E-state index is 0.0284. The zero-order chi connectivity index (χ0) is 7.28. The number of aliphatic imine (C=N–C) groups is 1. The van der Waals surface area contributed by atoms with Gasteiger partial charge in [-0.1, -0.05) is 0 Å². The summed E-state index contributed by atoms with van der Waals surface area (Å²) >= 11 is 0. The Bertz CT molecular complexity index is 129. The molecule has 0 aromatic heterocycles. The van der Waals surface area contributed by atoms with Gasteiger partial charge in [0.05, 0.1) is 6.61 Å². The van der Waals surface area contributed by atoms with Gasteiger partial charge in [0.25, 0.3) is 0 Å². The van der Waals surface area contributed by atoms with E-state index in [-0.39, 0.29) is 5.78 Å². The number of nitrogens with zero attached hydrogens (tertiary/aromatic N) is 1. The molecule has 0 spiro atoms. The van der Waals surface area contributed by atoms with Gasteiger partial charge in [0.1, 0.15) is 5.71 Å². The van der Waals surface area contributed by atoms with Crippen molar-refractivity contribution in [3.05, 3.63) is 0 Å². The number of carbonyl (C=O) groups excluding carboxylic acids is 1. The number of ketones is 1. The molecule has 0 aromatic carbocycles. The predicted molar refractivity (Wildman–Crippen MR) is 35.9 cm³/mol. The molecule has 0 N–H and O–H groups in total. The lowest BCUT2D eigenvalue weighted by atomic mass is 10.3. The second-order valence-corrected chi connectivity index (χ2v) is 1.66. The minimum atomic E-state index is -0.0284. The molecule has 0 aromatic rings. The zero-order valence-corrected chi connectivity index (χ0v) is 5.97. The van der Waals surface area contributed by atoms with Crippen molar-refractivity contribution in [2.24, 2.45) is 4.99 Å². The highest BCUT2D eigenvalue weighted by molar-refractivity contribution is 6.39. The molecule has 0 saturated heterocycles. The molecule has 0 rings (SSSR count). The van der Waals surface area contributed by atoms with E-state index < -0.39 is 0 Å². The van der Waals surface area contributed by atoms with Gasteiger partial charge >= 0.3 is 0 Å². The Balaban J connectivity index is 3.85. The molecule has 0 atom stereocenters. The van der Waals surface area contributed by atoms with Crippen molar-refractivity contribution < 1.29 is 9.53 Å². The molecule has 0 bridgehead atoms. The highest BCUT2D eigenvalue weighted by Crippen LogP contribution is 1.80. The first-order valence-corrected chi connectivity index (χ1v) is 2.68. The highest BCUT2D eigenvalue weighted by Gasteiger charge is 2.01. The summed E-state index contributed by atoms with van der Waals surface area (Å²) in [5.41, 5.74) is 0.484. The van der Waals surface area contributed by atoms with E-state index in [0.717, 1.165) is 0 Å². The van der Waals surface area contributed by atoms with Gasteiger partial charge in [-0.25, -0.2) is 0 Å². The van der Waals surface area contributed by atoms with Gasteiger partial charge in [-0.15, -0.1) is 0 Å². The second kappa shape index (κ2) is 4.21. The van der Waals surface area contributed by atoms with E-state index in [0.29, 0.717) is 12.3 Å². The van der Waals surface area contributed by atoms with Crippen LogP contribution in [0, 0.1) is 0 Å². The fraction of sp³-hybridized carbons (Fsp3) is 0.667. The lowest BCUT2D eigenvalue weighted by molar-refractivity contribution is -0.111. The van der Waals surface area contributed by atoms with Gasteiger partial charge in [-0.3, -0.25) is 9.79 Å². The molecule has 0 fully saturated rings.